The quantitative estimate of drug-likeness (QED) is 0.583. The maximum absolute atomic E-state index is 14.6. The van der Waals surface area contributed by atoms with Gasteiger partial charge in [-0.25, -0.2) is 0 Å². The molecule has 0 unspecified atom stereocenters. The molecule has 1 nitrogen and oxygen atoms in total. The maximum Gasteiger partial charge on any atom is 0.121 e. The molecule has 2 heteroatoms. The average molecular weight is 340 g/mol. The smallest absolute Gasteiger partial charge is 0.121 e. The lowest BCUT2D eigenvalue weighted by Crippen LogP contribution is -2.29. The molecule has 2 aromatic rings. The van der Waals surface area contributed by atoms with Crippen molar-refractivity contribution >= 4 is 23.2 Å². The van der Waals surface area contributed by atoms with E-state index in [1.807, 2.05) is 0 Å². The van der Waals surface area contributed by atoms with E-state index < -0.39 is 7.14 Å². The summed E-state index contributed by atoms with van der Waals surface area (Å²) in [6.45, 7) is 0. The largest absolute Gasteiger partial charge is 0.318 e. The van der Waals surface area contributed by atoms with Crippen molar-refractivity contribution in [3.63, 3.8) is 0 Å². The Labute approximate surface area is 146 Å². The van der Waals surface area contributed by atoms with Crippen LogP contribution in [0.5, 0.6) is 0 Å². The van der Waals surface area contributed by atoms with Crippen molar-refractivity contribution in [3.05, 3.63) is 42.5 Å². The van der Waals surface area contributed by atoms with E-state index in [2.05, 4.69) is 42.5 Å². The molecule has 0 N–H and O–H groups in total. The van der Waals surface area contributed by atoms with Gasteiger partial charge in [0.2, 0.25) is 0 Å². The monoisotopic (exact) mass is 340 g/mol. The second-order valence-corrected chi connectivity index (χ2v) is 11.2. The van der Waals surface area contributed by atoms with Crippen molar-refractivity contribution in [1.82, 2.24) is 0 Å². The molecule has 0 heterocycles. The maximum atomic E-state index is 14.6. The van der Waals surface area contributed by atoms with Gasteiger partial charge in [0.15, 0.2) is 0 Å². The highest BCUT2D eigenvalue weighted by Gasteiger charge is 2.42. The summed E-state index contributed by atoms with van der Waals surface area (Å²) in [6, 6.07) is 15.2. The number of rotatable bonds is 3. The SMILES string of the molecule is O=P(c1ccc2ccccc2c1)(C1CCCCC1)C1CCCCC1. The van der Waals surface area contributed by atoms with Gasteiger partial charge in [-0.1, -0.05) is 74.9 Å². The van der Waals surface area contributed by atoms with Gasteiger partial charge >= 0.3 is 0 Å². The van der Waals surface area contributed by atoms with Gasteiger partial charge in [0.25, 0.3) is 0 Å². The van der Waals surface area contributed by atoms with Gasteiger partial charge < -0.3 is 4.57 Å². The number of hydrogen-bond donors (Lipinski definition) is 0. The van der Waals surface area contributed by atoms with E-state index in [0.29, 0.717) is 11.3 Å². The van der Waals surface area contributed by atoms with Crippen molar-refractivity contribution < 1.29 is 4.57 Å². The molecule has 2 aromatic carbocycles. The van der Waals surface area contributed by atoms with Crippen LogP contribution < -0.4 is 5.30 Å². The second-order valence-electron chi connectivity index (χ2n) is 7.82. The lowest BCUT2D eigenvalue weighted by atomic mass is 9.99. The molecule has 0 aliphatic heterocycles. The molecule has 2 saturated carbocycles. The summed E-state index contributed by atoms with van der Waals surface area (Å²) < 4.78 is 14.6. The Hall–Kier alpha value is -1.07. The molecular weight excluding hydrogens is 311 g/mol. The van der Waals surface area contributed by atoms with Crippen molar-refractivity contribution in [2.45, 2.75) is 75.5 Å². The lowest BCUT2D eigenvalue weighted by Gasteiger charge is -2.38. The van der Waals surface area contributed by atoms with E-state index in [0.717, 1.165) is 0 Å². The van der Waals surface area contributed by atoms with Gasteiger partial charge in [-0.15, -0.1) is 0 Å². The number of fused-ring (bicyclic) bond motifs is 1. The first-order valence-electron chi connectivity index (χ1n) is 9.87. The topological polar surface area (TPSA) is 17.1 Å². The molecule has 128 valence electrons. The van der Waals surface area contributed by atoms with Gasteiger partial charge in [-0.3, -0.25) is 0 Å². The third-order valence-electron chi connectivity index (χ3n) is 6.37. The zero-order chi connectivity index (χ0) is 16.4. The fourth-order valence-corrected chi connectivity index (χ4v) is 9.40. The van der Waals surface area contributed by atoms with E-state index >= 15 is 0 Å². The molecular formula is C22H29OP. The summed E-state index contributed by atoms with van der Waals surface area (Å²) in [5.74, 6) is 0. The Morgan fingerprint density at radius 3 is 1.79 bits per heavy atom. The zero-order valence-electron chi connectivity index (χ0n) is 14.6. The van der Waals surface area contributed by atoms with Gasteiger partial charge in [0.1, 0.15) is 7.14 Å². The van der Waals surface area contributed by atoms with Crippen LogP contribution in [0.25, 0.3) is 10.8 Å². The minimum atomic E-state index is -2.33. The third-order valence-corrected chi connectivity index (χ3v) is 10.7. The molecule has 0 aromatic heterocycles. The summed E-state index contributed by atoms with van der Waals surface area (Å²) in [6.07, 6.45) is 12.5. The molecule has 2 aliphatic carbocycles. The molecule has 0 saturated heterocycles. The summed E-state index contributed by atoms with van der Waals surface area (Å²) in [5.41, 5.74) is 0.881. The van der Waals surface area contributed by atoms with Gasteiger partial charge in [-0.05, 0) is 42.5 Å². The van der Waals surface area contributed by atoms with Crippen LogP contribution in [0.4, 0.5) is 0 Å². The molecule has 0 spiro atoms. The summed E-state index contributed by atoms with van der Waals surface area (Å²) in [5, 5.41) is 3.70. The molecule has 24 heavy (non-hydrogen) atoms. The highest BCUT2D eigenvalue weighted by atomic mass is 31.2. The van der Waals surface area contributed by atoms with Crippen LogP contribution in [-0.4, -0.2) is 11.3 Å². The summed E-state index contributed by atoms with van der Waals surface area (Å²) in [7, 11) is -2.33. The van der Waals surface area contributed by atoms with Crippen molar-refractivity contribution in [3.8, 4) is 0 Å². The molecule has 4 rings (SSSR count). The molecule has 0 radical (unpaired) electrons. The molecule has 2 fully saturated rings. The van der Waals surface area contributed by atoms with Crippen LogP contribution in [0, 0.1) is 0 Å². The summed E-state index contributed by atoms with van der Waals surface area (Å²) >= 11 is 0. The van der Waals surface area contributed by atoms with Crippen LogP contribution in [-0.2, 0) is 4.57 Å². The van der Waals surface area contributed by atoms with Crippen LogP contribution in [0.3, 0.4) is 0 Å². The lowest BCUT2D eigenvalue weighted by molar-refractivity contribution is 0.453. The Morgan fingerprint density at radius 2 is 1.21 bits per heavy atom. The predicted octanol–water partition coefficient (Wildman–Crippen LogP) is 6.49. The molecule has 2 aliphatic rings. The highest BCUT2D eigenvalue weighted by molar-refractivity contribution is 7.73. The van der Waals surface area contributed by atoms with E-state index in [4.69, 9.17) is 0 Å². The van der Waals surface area contributed by atoms with Gasteiger partial charge in [0, 0.05) is 16.6 Å². The number of hydrogen-bond acceptors (Lipinski definition) is 1. The molecule has 0 bridgehead atoms. The Kier molecular flexibility index (Phi) is 4.81. The first kappa shape index (κ1) is 16.4. The Morgan fingerprint density at radius 1 is 0.667 bits per heavy atom. The molecule has 0 atom stereocenters. The van der Waals surface area contributed by atoms with Gasteiger partial charge in [-0.2, -0.15) is 0 Å². The first-order chi connectivity index (χ1) is 11.8. The third kappa shape index (κ3) is 2.97. The fraction of sp³-hybridized carbons (Fsp3) is 0.545. The van der Waals surface area contributed by atoms with Gasteiger partial charge in [0.05, 0.1) is 0 Å². The standard InChI is InChI=1S/C22H29OP/c23-24(20-11-3-1-4-12-20,21-13-5-2-6-14-21)22-16-15-18-9-7-8-10-19(18)17-22/h7-10,15-17,20-21H,1-6,11-14H2. The predicted molar refractivity (Wildman–Crippen MR) is 105 cm³/mol. The van der Waals surface area contributed by atoms with E-state index in [-0.39, 0.29) is 0 Å². The fourth-order valence-electron chi connectivity index (χ4n) is 5.04. The minimum Gasteiger partial charge on any atom is -0.318 e. The zero-order valence-corrected chi connectivity index (χ0v) is 15.5. The minimum absolute atomic E-state index is 0.440. The first-order valence-corrected chi connectivity index (χ1v) is 11.7. The van der Waals surface area contributed by atoms with Crippen molar-refractivity contribution in [1.29, 1.82) is 0 Å². The average Bonchev–Trinajstić information content (AvgIpc) is 2.68. The van der Waals surface area contributed by atoms with Crippen LogP contribution >= 0.6 is 7.14 Å². The van der Waals surface area contributed by atoms with E-state index in [9.17, 15) is 4.57 Å². The number of benzene rings is 2. The van der Waals surface area contributed by atoms with Crippen molar-refractivity contribution in [2.24, 2.45) is 0 Å². The summed E-state index contributed by atoms with van der Waals surface area (Å²) in [4.78, 5) is 0. The van der Waals surface area contributed by atoms with Crippen molar-refractivity contribution in [2.75, 3.05) is 0 Å². The van der Waals surface area contributed by atoms with E-state index in [1.165, 1.54) is 80.3 Å². The van der Waals surface area contributed by atoms with Crippen LogP contribution in [0.15, 0.2) is 42.5 Å². The van der Waals surface area contributed by atoms with E-state index in [1.54, 1.807) is 0 Å². The molecule has 0 amide bonds. The highest BCUT2D eigenvalue weighted by Crippen LogP contribution is 2.61. The van der Waals surface area contributed by atoms with Crippen LogP contribution in [0.2, 0.25) is 0 Å². The normalized spacial score (nSPS) is 21.2. The second kappa shape index (κ2) is 7.04. The Balaban J connectivity index is 1.79. The Bertz CT molecular complexity index is 716. The van der Waals surface area contributed by atoms with Crippen LogP contribution in [0.1, 0.15) is 64.2 Å².